The number of carbonyl (C=O) groups is 1. The van der Waals surface area contributed by atoms with E-state index in [4.69, 9.17) is 0 Å². The molecule has 0 radical (unpaired) electrons. The molecule has 88 valence electrons. The van der Waals surface area contributed by atoms with Crippen molar-refractivity contribution in [3.63, 3.8) is 0 Å². The highest BCUT2D eigenvalue weighted by Gasteiger charge is 2.24. The van der Waals surface area contributed by atoms with Gasteiger partial charge in [0.25, 0.3) is 0 Å². The molecule has 1 heterocycles. The molecule has 3 nitrogen and oxygen atoms in total. The fourth-order valence-electron chi connectivity index (χ4n) is 2.10. The smallest absolute Gasteiger partial charge is 0.222 e. The van der Waals surface area contributed by atoms with Crippen LogP contribution in [0.1, 0.15) is 40.5 Å². The molecule has 0 spiro atoms. The summed E-state index contributed by atoms with van der Waals surface area (Å²) >= 11 is 0. The van der Waals surface area contributed by atoms with Crippen molar-refractivity contribution >= 4 is 5.91 Å². The number of amides is 1. The first-order valence-electron chi connectivity index (χ1n) is 6.06. The summed E-state index contributed by atoms with van der Waals surface area (Å²) in [6.45, 7) is 10.3. The molecule has 1 saturated heterocycles. The summed E-state index contributed by atoms with van der Waals surface area (Å²) in [5.41, 5.74) is 0. The van der Waals surface area contributed by atoms with Crippen LogP contribution in [0, 0.1) is 5.92 Å². The van der Waals surface area contributed by atoms with Crippen molar-refractivity contribution in [2.75, 3.05) is 13.1 Å². The van der Waals surface area contributed by atoms with Crippen LogP contribution in [0.2, 0.25) is 0 Å². The maximum atomic E-state index is 12.0. The van der Waals surface area contributed by atoms with Gasteiger partial charge in [0.2, 0.25) is 5.91 Å². The van der Waals surface area contributed by atoms with Gasteiger partial charge in [0.15, 0.2) is 0 Å². The van der Waals surface area contributed by atoms with Gasteiger partial charge < -0.3 is 10.2 Å². The maximum absolute atomic E-state index is 12.0. The Balaban J connectivity index is 2.44. The van der Waals surface area contributed by atoms with Gasteiger partial charge in [-0.15, -0.1) is 0 Å². The van der Waals surface area contributed by atoms with Gasteiger partial charge in [0, 0.05) is 31.6 Å². The van der Waals surface area contributed by atoms with Crippen molar-refractivity contribution in [2.45, 2.75) is 52.6 Å². The van der Waals surface area contributed by atoms with Gasteiger partial charge in [0.1, 0.15) is 0 Å². The molecule has 1 aliphatic heterocycles. The number of nitrogens with zero attached hydrogens (tertiary/aromatic N) is 1. The lowest BCUT2D eigenvalue weighted by Gasteiger charge is -2.36. The van der Waals surface area contributed by atoms with Crippen LogP contribution < -0.4 is 5.32 Å². The SMILES string of the molecule is CCC(C)CC(=O)N1CC(C)NC(C)C1. The molecule has 15 heavy (non-hydrogen) atoms. The molecule has 1 fully saturated rings. The van der Waals surface area contributed by atoms with E-state index in [1.165, 1.54) is 0 Å². The molecule has 0 bridgehead atoms. The van der Waals surface area contributed by atoms with E-state index in [1.807, 2.05) is 4.90 Å². The normalized spacial score (nSPS) is 28.9. The Hall–Kier alpha value is -0.570. The number of rotatable bonds is 3. The van der Waals surface area contributed by atoms with E-state index in [0.717, 1.165) is 19.5 Å². The third-order valence-electron chi connectivity index (χ3n) is 3.13. The summed E-state index contributed by atoms with van der Waals surface area (Å²) in [7, 11) is 0. The highest BCUT2D eigenvalue weighted by Crippen LogP contribution is 2.12. The lowest BCUT2D eigenvalue weighted by molar-refractivity contribution is -0.133. The first kappa shape index (κ1) is 12.5. The molecule has 3 heteroatoms. The quantitative estimate of drug-likeness (QED) is 0.771. The van der Waals surface area contributed by atoms with Crippen LogP contribution in [0.4, 0.5) is 0 Å². The van der Waals surface area contributed by atoms with Gasteiger partial charge in [-0.1, -0.05) is 20.3 Å². The molecule has 0 aromatic rings. The molecular formula is C12H24N2O. The van der Waals surface area contributed by atoms with E-state index < -0.39 is 0 Å². The fourth-order valence-corrected chi connectivity index (χ4v) is 2.10. The summed E-state index contributed by atoms with van der Waals surface area (Å²) in [6.07, 6.45) is 1.79. The Labute approximate surface area is 93.2 Å². The molecule has 1 N–H and O–H groups in total. The Bertz CT molecular complexity index is 208. The van der Waals surface area contributed by atoms with Crippen molar-refractivity contribution in [3.8, 4) is 0 Å². The number of hydrogen-bond donors (Lipinski definition) is 1. The van der Waals surface area contributed by atoms with Gasteiger partial charge in [-0.3, -0.25) is 4.79 Å². The Kier molecular flexibility index (Phi) is 4.58. The standard InChI is InChI=1S/C12H24N2O/c1-5-9(2)6-12(15)14-7-10(3)13-11(4)8-14/h9-11,13H,5-8H2,1-4H3. The summed E-state index contributed by atoms with van der Waals surface area (Å²) < 4.78 is 0. The molecule has 3 unspecified atom stereocenters. The minimum Gasteiger partial charge on any atom is -0.340 e. The van der Waals surface area contributed by atoms with Crippen LogP contribution in [-0.2, 0) is 4.79 Å². The van der Waals surface area contributed by atoms with E-state index in [1.54, 1.807) is 0 Å². The van der Waals surface area contributed by atoms with Gasteiger partial charge in [-0.2, -0.15) is 0 Å². The molecule has 0 aromatic carbocycles. The van der Waals surface area contributed by atoms with E-state index in [9.17, 15) is 4.79 Å². The van der Waals surface area contributed by atoms with Crippen molar-refractivity contribution in [1.29, 1.82) is 0 Å². The lowest BCUT2D eigenvalue weighted by atomic mass is 10.0. The predicted molar refractivity (Wildman–Crippen MR) is 62.7 cm³/mol. The largest absolute Gasteiger partial charge is 0.340 e. The van der Waals surface area contributed by atoms with Gasteiger partial charge in [-0.25, -0.2) is 0 Å². The Morgan fingerprint density at radius 3 is 2.40 bits per heavy atom. The maximum Gasteiger partial charge on any atom is 0.222 e. The molecule has 0 saturated carbocycles. The zero-order valence-electron chi connectivity index (χ0n) is 10.4. The molecule has 1 amide bonds. The van der Waals surface area contributed by atoms with Crippen LogP contribution in [0.3, 0.4) is 0 Å². The first-order valence-corrected chi connectivity index (χ1v) is 6.06. The van der Waals surface area contributed by atoms with Crippen molar-refractivity contribution in [3.05, 3.63) is 0 Å². The topological polar surface area (TPSA) is 32.3 Å². The molecule has 0 aromatic heterocycles. The van der Waals surface area contributed by atoms with Crippen LogP contribution in [0.25, 0.3) is 0 Å². The van der Waals surface area contributed by atoms with Crippen molar-refractivity contribution < 1.29 is 4.79 Å². The van der Waals surface area contributed by atoms with E-state index in [-0.39, 0.29) is 0 Å². The second-order valence-corrected chi connectivity index (χ2v) is 4.99. The minimum absolute atomic E-state index is 0.324. The number of piperazine rings is 1. The van der Waals surface area contributed by atoms with Gasteiger partial charge in [-0.05, 0) is 19.8 Å². The van der Waals surface area contributed by atoms with Crippen molar-refractivity contribution in [1.82, 2.24) is 10.2 Å². The highest BCUT2D eigenvalue weighted by molar-refractivity contribution is 5.76. The number of hydrogen-bond acceptors (Lipinski definition) is 2. The second-order valence-electron chi connectivity index (χ2n) is 4.99. The lowest BCUT2D eigenvalue weighted by Crippen LogP contribution is -2.56. The van der Waals surface area contributed by atoms with Crippen LogP contribution in [-0.4, -0.2) is 36.0 Å². The Morgan fingerprint density at radius 2 is 1.93 bits per heavy atom. The number of nitrogens with one attached hydrogen (secondary N) is 1. The average Bonchev–Trinajstić information content (AvgIpc) is 2.16. The molecule has 3 atom stereocenters. The average molecular weight is 212 g/mol. The van der Waals surface area contributed by atoms with Crippen LogP contribution >= 0.6 is 0 Å². The van der Waals surface area contributed by atoms with Gasteiger partial charge >= 0.3 is 0 Å². The second kappa shape index (κ2) is 5.50. The van der Waals surface area contributed by atoms with E-state index >= 15 is 0 Å². The monoisotopic (exact) mass is 212 g/mol. The summed E-state index contributed by atoms with van der Waals surface area (Å²) in [5.74, 6) is 0.836. The zero-order chi connectivity index (χ0) is 11.4. The molecular weight excluding hydrogens is 188 g/mol. The first-order chi connectivity index (χ1) is 7.02. The molecule has 1 rings (SSSR count). The summed E-state index contributed by atoms with van der Waals surface area (Å²) in [4.78, 5) is 14.0. The summed E-state index contributed by atoms with van der Waals surface area (Å²) in [5, 5.41) is 3.44. The predicted octanol–water partition coefficient (Wildman–Crippen LogP) is 1.63. The Morgan fingerprint density at radius 1 is 1.40 bits per heavy atom. The summed E-state index contributed by atoms with van der Waals surface area (Å²) in [6, 6.07) is 0.851. The third kappa shape index (κ3) is 3.82. The van der Waals surface area contributed by atoms with E-state index in [2.05, 4.69) is 33.0 Å². The van der Waals surface area contributed by atoms with Crippen molar-refractivity contribution in [2.24, 2.45) is 5.92 Å². The third-order valence-corrected chi connectivity index (χ3v) is 3.13. The van der Waals surface area contributed by atoms with Crippen LogP contribution in [0.15, 0.2) is 0 Å². The molecule has 1 aliphatic rings. The van der Waals surface area contributed by atoms with Crippen LogP contribution in [0.5, 0.6) is 0 Å². The number of carbonyl (C=O) groups excluding carboxylic acids is 1. The highest BCUT2D eigenvalue weighted by atomic mass is 16.2. The minimum atomic E-state index is 0.324. The fraction of sp³-hybridized carbons (Fsp3) is 0.917. The zero-order valence-corrected chi connectivity index (χ0v) is 10.4. The molecule has 0 aliphatic carbocycles. The van der Waals surface area contributed by atoms with Gasteiger partial charge in [0.05, 0.1) is 0 Å². The van der Waals surface area contributed by atoms with E-state index in [0.29, 0.717) is 30.3 Å².